The number of hydrogen-bond acceptors (Lipinski definition) is 3. The topological polar surface area (TPSA) is 49.4 Å². The fourth-order valence-corrected chi connectivity index (χ4v) is 3.13. The SMILES string of the molecule is CCN(CC)C(=O)c1ccccc1NC(=O)CSc1ccc(C)cc1. The van der Waals surface area contributed by atoms with E-state index in [4.69, 9.17) is 0 Å². The van der Waals surface area contributed by atoms with Crippen LogP contribution in [0.25, 0.3) is 0 Å². The third-order valence-electron chi connectivity index (χ3n) is 3.87. The van der Waals surface area contributed by atoms with Crippen molar-refractivity contribution in [2.24, 2.45) is 0 Å². The van der Waals surface area contributed by atoms with Crippen molar-refractivity contribution in [1.29, 1.82) is 0 Å². The van der Waals surface area contributed by atoms with Crippen LogP contribution in [-0.4, -0.2) is 35.6 Å². The van der Waals surface area contributed by atoms with Crippen molar-refractivity contribution < 1.29 is 9.59 Å². The Morgan fingerprint density at radius 2 is 1.64 bits per heavy atom. The summed E-state index contributed by atoms with van der Waals surface area (Å²) in [4.78, 5) is 27.7. The second-order valence-electron chi connectivity index (χ2n) is 5.67. The lowest BCUT2D eigenvalue weighted by Gasteiger charge is -2.20. The van der Waals surface area contributed by atoms with Crippen LogP contribution in [0, 0.1) is 6.92 Å². The van der Waals surface area contributed by atoms with Gasteiger partial charge in [-0.15, -0.1) is 11.8 Å². The number of amides is 2. The van der Waals surface area contributed by atoms with Gasteiger partial charge in [0.15, 0.2) is 0 Å². The zero-order chi connectivity index (χ0) is 18.2. The lowest BCUT2D eigenvalue weighted by Crippen LogP contribution is -2.31. The van der Waals surface area contributed by atoms with Crippen molar-refractivity contribution in [3.63, 3.8) is 0 Å². The van der Waals surface area contributed by atoms with Gasteiger partial charge in [-0.1, -0.05) is 29.8 Å². The van der Waals surface area contributed by atoms with Gasteiger partial charge >= 0.3 is 0 Å². The average molecular weight is 356 g/mol. The second kappa shape index (κ2) is 9.28. The van der Waals surface area contributed by atoms with Crippen LogP contribution >= 0.6 is 11.8 Å². The van der Waals surface area contributed by atoms with Crippen LogP contribution in [0.1, 0.15) is 29.8 Å². The smallest absolute Gasteiger partial charge is 0.255 e. The molecule has 0 aromatic heterocycles. The lowest BCUT2D eigenvalue weighted by atomic mass is 10.1. The molecular formula is C20H24N2O2S. The summed E-state index contributed by atoms with van der Waals surface area (Å²) in [7, 11) is 0. The van der Waals surface area contributed by atoms with Crippen molar-refractivity contribution in [3.05, 3.63) is 59.7 Å². The number of anilines is 1. The third-order valence-corrected chi connectivity index (χ3v) is 4.89. The number of nitrogens with one attached hydrogen (secondary N) is 1. The van der Waals surface area contributed by atoms with Gasteiger partial charge in [0, 0.05) is 18.0 Å². The van der Waals surface area contributed by atoms with E-state index in [1.54, 1.807) is 17.0 Å². The summed E-state index contributed by atoms with van der Waals surface area (Å²) in [5.41, 5.74) is 2.28. The minimum atomic E-state index is -0.120. The molecule has 0 unspecified atom stereocenters. The molecule has 2 rings (SSSR count). The van der Waals surface area contributed by atoms with Gasteiger partial charge in [0.2, 0.25) is 5.91 Å². The number of aryl methyl sites for hydroxylation is 1. The first-order valence-corrected chi connectivity index (χ1v) is 9.41. The van der Waals surface area contributed by atoms with Crippen LogP contribution in [0.5, 0.6) is 0 Å². The second-order valence-corrected chi connectivity index (χ2v) is 6.72. The number of hydrogen-bond donors (Lipinski definition) is 1. The fourth-order valence-electron chi connectivity index (χ4n) is 2.43. The van der Waals surface area contributed by atoms with Gasteiger partial charge in [0.1, 0.15) is 0 Å². The van der Waals surface area contributed by atoms with Crippen LogP contribution in [0.4, 0.5) is 5.69 Å². The monoisotopic (exact) mass is 356 g/mol. The molecule has 25 heavy (non-hydrogen) atoms. The van der Waals surface area contributed by atoms with Gasteiger partial charge < -0.3 is 10.2 Å². The molecule has 0 aliphatic heterocycles. The van der Waals surface area contributed by atoms with Crippen molar-refractivity contribution >= 4 is 29.3 Å². The molecule has 1 N–H and O–H groups in total. The Balaban J connectivity index is 2.03. The molecule has 0 spiro atoms. The zero-order valence-electron chi connectivity index (χ0n) is 14.9. The fraction of sp³-hybridized carbons (Fsp3) is 0.300. The highest BCUT2D eigenvalue weighted by Gasteiger charge is 2.17. The zero-order valence-corrected chi connectivity index (χ0v) is 15.7. The minimum Gasteiger partial charge on any atom is -0.339 e. The molecule has 0 heterocycles. The van der Waals surface area contributed by atoms with Gasteiger partial charge in [0.05, 0.1) is 17.0 Å². The Morgan fingerprint density at radius 3 is 2.28 bits per heavy atom. The van der Waals surface area contributed by atoms with Gasteiger partial charge in [-0.3, -0.25) is 9.59 Å². The maximum absolute atomic E-state index is 12.6. The molecule has 132 valence electrons. The highest BCUT2D eigenvalue weighted by Crippen LogP contribution is 2.21. The van der Waals surface area contributed by atoms with Gasteiger partial charge in [-0.25, -0.2) is 0 Å². The number of rotatable bonds is 7. The number of thioether (sulfide) groups is 1. The molecule has 0 fully saturated rings. The quantitative estimate of drug-likeness (QED) is 0.756. The van der Waals surface area contributed by atoms with E-state index in [-0.39, 0.29) is 11.8 Å². The van der Waals surface area contributed by atoms with E-state index in [0.29, 0.717) is 30.1 Å². The molecule has 4 nitrogen and oxygen atoms in total. The highest BCUT2D eigenvalue weighted by atomic mass is 32.2. The Hall–Kier alpha value is -2.27. The van der Waals surface area contributed by atoms with Crippen LogP contribution < -0.4 is 5.32 Å². The molecule has 5 heteroatoms. The third kappa shape index (κ3) is 5.36. The van der Waals surface area contributed by atoms with Crippen LogP contribution in [0.2, 0.25) is 0 Å². The van der Waals surface area contributed by atoms with E-state index in [0.717, 1.165) is 4.90 Å². The summed E-state index contributed by atoms with van der Waals surface area (Å²) in [6.07, 6.45) is 0. The van der Waals surface area contributed by atoms with Crippen LogP contribution in [0.3, 0.4) is 0 Å². The Labute approximate surface area is 153 Å². The first-order chi connectivity index (χ1) is 12.0. The molecule has 2 aromatic rings. The summed E-state index contributed by atoms with van der Waals surface area (Å²) in [5.74, 6) is 0.120. The molecule has 0 aliphatic carbocycles. The molecule has 0 saturated carbocycles. The maximum atomic E-state index is 12.6. The molecular weight excluding hydrogens is 332 g/mol. The van der Waals surface area contributed by atoms with Crippen molar-refractivity contribution in [1.82, 2.24) is 4.90 Å². The average Bonchev–Trinajstić information content (AvgIpc) is 2.62. The largest absolute Gasteiger partial charge is 0.339 e. The van der Waals surface area contributed by atoms with E-state index < -0.39 is 0 Å². The summed E-state index contributed by atoms with van der Waals surface area (Å²) < 4.78 is 0. The standard InChI is InChI=1S/C20H24N2O2S/c1-4-22(5-2)20(24)17-8-6-7-9-18(17)21-19(23)14-25-16-12-10-15(3)11-13-16/h6-13H,4-5,14H2,1-3H3,(H,21,23). The Morgan fingerprint density at radius 1 is 1.00 bits per heavy atom. The first-order valence-electron chi connectivity index (χ1n) is 8.42. The van der Waals surface area contributed by atoms with E-state index in [9.17, 15) is 9.59 Å². The molecule has 0 radical (unpaired) electrons. The van der Waals surface area contributed by atoms with E-state index in [2.05, 4.69) is 5.32 Å². The predicted molar refractivity (Wildman–Crippen MR) is 104 cm³/mol. The molecule has 0 bridgehead atoms. The Bertz CT molecular complexity index is 725. The van der Waals surface area contributed by atoms with Crippen LogP contribution in [0.15, 0.2) is 53.4 Å². The number of para-hydroxylation sites is 1. The van der Waals surface area contributed by atoms with Gasteiger partial charge in [-0.05, 0) is 45.0 Å². The van der Waals surface area contributed by atoms with E-state index in [1.807, 2.05) is 57.2 Å². The van der Waals surface area contributed by atoms with E-state index in [1.165, 1.54) is 17.3 Å². The predicted octanol–water partition coefficient (Wildman–Crippen LogP) is 4.21. The molecule has 2 aromatic carbocycles. The molecule has 0 aliphatic rings. The summed E-state index contributed by atoms with van der Waals surface area (Å²) in [6.45, 7) is 7.20. The summed E-state index contributed by atoms with van der Waals surface area (Å²) in [5, 5.41) is 2.87. The molecule has 0 saturated heterocycles. The van der Waals surface area contributed by atoms with Crippen LogP contribution in [-0.2, 0) is 4.79 Å². The highest BCUT2D eigenvalue weighted by molar-refractivity contribution is 8.00. The number of benzene rings is 2. The number of nitrogens with zero attached hydrogens (tertiary/aromatic N) is 1. The number of carbonyl (C=O) groups excluding carboxylic acids is 2. The number of carbonyl (C=O) groups is 2. The van der Waals surface area contributed by atoms with Gasteiger partial charge in [-0.2, -0.15) is 0 Å². The lowest BCUT2D eigenvalue weighted by molar-refractivity contribution is -0.113. The van der Waals surface area contributed by atoms with E-state index >= 15 is 0 Å². The van der Waals surface area contributed by atoms with Crippen molar-refractivity contribution in [2.75, 3.05) is 24.2 Å². The molecule has 2 amide bonds. The molecule has 0 atom stereocenters. The maximum Gasteiger partial charge on any atom is 0.255 e. The Kier molecular flexibility index (Phi) is 7.07. The normalized spacial score (nSPS) is 10.4. The summed E-state index contributed by atoms with van der Waals surface area (Å²) >= 11 is 1.48. The summed E-state index contributed by atoms with van der Waals surface area (Å²) in [6, 6.07) is 15.2. The first kappa shape index (κ1) is 19.1. The van der Waals surface area contributed by atoms with Gasteiger partial charge in [0.25, 0.3) is 5.91 Å². The van der Waals surface area contributed by atoms with Crippen molar-refractivity contribution in [2.45, 2.75) is 25.7 Å². The van der Waals surface area contributed by atoms with Crippen molar-refractivity contribution in [3.8, 4) is 0 Å². The minimum absolute atomic E-state index is 0.0629.